The number of benzene rings is 8. The van der Waals surface area contributed by atoms with Gasteiger partial charge in [-0.2, -0.15) is 0 Å². The van der Waals surface area contributed by atoms with Crippen LogP contribution < -0.4 is 0 Å². The monoisotopic (exact) mass is 692 g/mol. The van der Waals surface area contributed by atoms with E-state index in [4.69, 9.17) is 9.97 Å². The molecule has 0 aliphatic rings. The van der Waals surface area contributed by atoms with Crippen molar-refractivity contribution in [2.24, 2.45) is 0 Å². The average Bonchev–Trinajstić information content (AvgIpc) is 3.62. The zero-order chi connectivity index (χ0) is 35.1. The summed E-state index contributed by atoms with van der Waals surface area (Å²) in [6.07, 6.45) is 0. The third-order valence-corrected chi connectivity index (χ3v) is 11.2. The van der Waals surface area contributed by atoms with Crippen LogP contribution in [0.4, 0.5) is 0 Å². The van der Waals surface area contributed by atoms with Crippen molar-refractivity contribution >= 4 is 42.3 Å². The minimum absolute atomic E-state index is 0.709. The Morgan fingerprint density at radius 2 is 0.811 bits per heavy atom. The molecule has 3 heteroatoms. The third kappa shape index (κ3) is 5.97. The molecule has 0 saturated heterocycles. The quantitative estimate of drug-likeness (QED) is 0.173. The first-order chi connectivity index (χ1) is 26.2. The first-order valence-electron chi connectivity index (χ1n) is 17.9. The molecule has 10 rings (SSSR count). The maximum absolute atomic E-state index is 5.22. The number of thiophene rings is 1. The van der Waals surface area contributed by atoms with E-state index in [0.717, 1.165) is 44.8 Å². The molecule has 0 unspecified atom stereocenters. The molecule has 8 aromatic carbocycles. The Labute approximate surface area is 312 Å². The zero-order valence-corrected chi connectivity index (χ0v) is 29.6. The second kappa shape index (κ2) is 13.1. The number of rotatable bonds is 6. The molecular formula is C50H32N2S. The molecule has 0 atom stereocenters. The molecule has 0 radical (unpaired) electrons. The van der Waals surface area contributed by atoms with Crippen LogP contribution >= 0.6 is 11.3 Å². The standard InChI is InChI=1S/C50H32N2S/c1-3-12-36(13-4-1)46-32-47(52-50(51-46)37-14-5-2-6-15-37)43-29-41(35-21-19-34(20-22-35)39-24-23-33-11-7-8-16-38(33)27-39)28-42(30-43)40-25-26-45-44-17-9-10-18-48(44)53-49(45)31-40/h1-32H. The molecule has 2 nitrogen and oxygen atoms in total. The summed E-state index contributed by atoms with van der Waals surface area (Å²) in [6.45, 7) is 0. The van der Waals surface area contributed by atoms with Crippen LogP contribution in [0, 0.1) is 0 Å². The lowest BCUT2D eigenvalue weighted by Crippen LogP contribution is -1.96. The first-order valence-corrected chi connectivity index (χ1v) is 18.7. The van der Waals surface area contributed by atoms with Crippen LogP contribution in [0.15, 0.2) is 194 Å². The van der Waals surface area contributed by atoms with E-state index in [-0.39, 0.29) is 0 Å². The van der Waals surface area contributed by atoms with Gasteiger partial charge in [-0.15, -0.1) is 11.3 Å². The van der Waals surface area contributed by atoms with Gasteiger partial charge >= 0.3 is 0 Å². The van der Waals surface area contributed by atoms with Gasteiger partial charge in [0.05, 0.1) is 11.4 Å². The molecule has 0 bridgehead atoms. The third-order valence-electron chi connectivity index (χ3n) is 10.1. The van der Waals surface area contributed by atoms with Gasteiger partial charge in [0.2, 0.25) is 0 Å². The molecule has 0 aliphatic carbocycles. The van der Waals surface area contributed by atoms with Gasteiger partial charge in [0.15, 0.2) is 5.82 Å². The van der Waals surface area contributed by atoms with Crippen LogP contribution in [0.25, 0.3) is 98.2 Å². The fourth-order valence-corrected chi connectivity index (χ4v) is 8.45. The van der Waals surface area contributed by atoms with Crippen molar-refractivity contribution in [3.8, 4) is 67.3 Å². The van der Waals surface area contributed by atoms with E-state index in [1.54, 1.807) is 0 Å². The lowest BCUT2D eigenvalue weighted by Gasteiger charge is -2.14. The van der Waals surface area contributed by atoms with E-state index in [1.165, 1.54) is 47.6 Å². The summed E-state index contributed by atoms with van der Waals surface area (Å²) in [7, 11) is 0. The zero-order valence-electron chi connectivity index (χ0n) is 28.8. The van der Waals surface area contributed by atoms with Gasteiger partial charge in [0.1, 0.15) is 0 Å². The van der Waals surface area contributed by atoms with Crippen molar-refractivity contribution in [1.82, 2.24) is 9.97 Å². The Hall–Kier alpha value is -6.68. The van der Waals surface area contributed by atoms with Gasteiger partial charge < -0.3 is 0 Å². The highest BCUT2D eigenvalue weighted by Gasteiger charge is 2.15. The number of hydrogen-bond acceptors (Lipinski definition) is 3. The molecule has 0 saturated carbocycles. The Balaban J connectivity index is 1.14. The summed E-state index contributed by atoms with van der Waals surface area (Å²) in [6, 6.07) is 69.4. The molecular weight excluding hydrogens is 661 g/mol. The van der Waals surface area contributed by atoms with Crippen molar-refractivity contribution in [1.29, 1.82) is 0 Å². The summed E-state index contributed by atoms with van der Waals surface area (Å²) in [5.41, 5.74) is 11.9. The van der Waals surface area contributed by atoms with Gasteiger partial charge in [0.25, 0.3) is 0 Å². The van der Waals surface area contributed by atoms with Gasteiger partial charge in [0, 0.05) is 36.9 Å². The Morgan fingerprint density at radius 3 is 1.58 bits per heavy atom. The fourth-order valence-electron chi connectivity index (χ4n) is 7.31. The van der Waals surface area contributed by atoms with E-state index in [1.807, 2.05) is 35.6 Å². The second-order valence-electron chi connectivity index (χ2n) is 13.4. The topological polar surface area (TPSA) is 25.8 Å². The average molecular weight is 693 g/mol. The fraction of sp³-hybridized carbons (Fsp3) is 0. The summed E-state index contributed by atoms with van der Waals surface area (Å²) < 4.78 is 2.60. The van der Waals surface area contributed by atoms with E-state index in [0.29, 0.717) is 5.82 Å². The van der Waals surface area contributed by atoms with Crippen LogP contribution in [0.1, 0.15) is 0 Å². The second-order valence-corrected chi connectivity index (χ2v) is 14.5. The number of aromatic nitrogens is 2. The van der Waals surface area contributed by atoms with Crippen molar-refractivity contribution in [2.75, 3.05) is 0 Å². The molecule has 248 valence electrons. The summed E-state index contributed by atoms with van der Waals surface area (Å²) in [5.74, 6) is 0.709. The molecule has 2 heterocycles. The van der Waals surface area contributed by atoms with E-state index in [2.05, 4.69) is 170 Å². The number of fused-ring (bicyclic) bond motifs is 4. The predicted molar refractivity (Wildman–Crippen MR) is 225 cm³/mol. The molecule has 0 aliphatic heterocycles. The Kier molecular flexibility index (Phi) is 7.71. The van der Waals surface area contributed by atoms with Crippen molar-refractivity contribution in [3.05, 3.63) is 194 Å². The smallest absolute Gasteiger partial charge is 0.160 e. The predicted octanol–water partition coefficient (Wildman–Crippen LogP) is 14.0. The summed E-state index contributed by atoms with van der Waals surface area (Å²) in [5, 5.41) is 5.10. The van der Waals surface area contributed by atoms with Gasteiger partial charge in [-0.3, -0.25) is 0 Å². The molecule has 0 amide bonds. The molecule has 0 spiro atoms. The molecule has 2 aromatic heterocycles. The highest BCUT2D eigenvalue weighted by Crippen LogP contribution is 2.39. The van der Waals surface area contributed by atoms with Crippen LogP contribution in [-0.2, 0) is 0 Å². The van der Waals surface area contributed by atoms with Crippen molar-refractivity contribution < 1.29 is 0 Å². The van der Waals surface area contributed by atoms with E-state index in [9.17, 15) is 0 Å². The molecule has 53 heavy (non-hydrogen) atoms. The maximum Gasteiger partial charge on any atom is 0.160 e. The van der Waals surface area contributed by atoms with Crippen LogP contribution in [0.2, 0.25) is 0 Å². The summed E-state index contributed by atoms with van der Waals surface area (Å²) in [4.78, 5) is 10.3. The molecule has 10 aromatic rings. The van der Waals surface area contributed by atoms with Crippen LogP contribution in [-0.4, -0.2) is 9.97 Å². The number of hydrogen-bond donors (Lipinski definition) is 0. The Bertz CT molecular complexity index is 2870. The molecule has 0 N–H and O–H groups in total. The van der Waals surface area contributed by atoms with Crippen LogP contribution in [0.5, 0.6) is 0 Å². The minimum atomic E-state index is 0.709. The largest absolute Gasteiger partial charge is 0.228 e. The van der Waals surface area contributed by atoms with E-state index < -0.39 is 0 Å². The van der Waals surface area contributed by atoms with Crippen LogP contribution in [0.3, 0.4) is 0 Å². The van der Waals surface area contributed by atoms with Crippen molar-refractivity contribution in [2.45, 2.75) is 0 Å². The first kappa shape index (κ1) is 31.1. The minimum Gasteiger partial charge on any atom is -0.228 e. The summed E-state index contributed by atoms with van der Waals surface area (Å²) >= 11 is 1.85. The van der Waals surface area contributed by atoms with Gasteiger partial charge in [-0.1, -0.05) is 152 Å². The highest BCUT2D eigenvalue weighted by atomic mass is 32.1. The molecule has 0 fully saturated rings. The lowest BCUT2D eigenvalue weighted by molar-refractivity contribution is 1.18. The van der Waals surface area contributed by atoms with Gasteiger partial charge in [-0.25, -0.2) is 9.97 Å². The number of nitrogens with zero attached hydrogens (tertiary/aromatic N) is 2. The SMILES string of the molecule is c1ccc(-c2cc(-c3cc(-c4ccc(-c5ccc6ccccc6c5)cc4)cc(-c4ccc5c(c4)sc4ccccc45)c3)nc(-c3ccccc3)n2)cc1. The van der Waals surface area contributed by atoms with Gasteiger partial charge in [-0.05, 0) is 86.6 Å². The van der Waals surface area contributed by atoms with E-state index >= 15 is 0 Å². The maximum atomic E-state index is 5.22. The highest BCUT2D eigenvalue weighted by molar-refractivity contribution is 7.25. The van der Waals surface area contributed by atoms with Crippen molar-refractivity contribution in [3.63, 3.8) is 0 Å². The normalized spacial score (nSPS) is 11.4. The Morgan fingerprint density at radius 1 is 0.283 bits per heavy atom. The lowest BCUT2D eigenvalue weighted by atomic mass is 9.93.